The number of anilines is 2. The van der Waals surface area contributed by atoms with Gasteiger partial charge >= 0.3 is 11.7 Å². The molecule has 6 rings (SSSR count). The topological polar surface area (TPSA) is 133 Å². The fraction of sp³-hybridized carbons (Fsp3) is 0.375. The number of nitrogens with zero attached hydrogens (tertiary/aromatic N) is 5. The molecule has 2 aliphatic heterocycles. The molecule has 0 unspecified atom stereocenters. The number of H-pyrrole nitrogens is 1. The average Bonchev–Trinajstić information content (AvgIpc) is 3.38. The zero-order valence-electron chi connectivity index (χ0n) is 25.0. The number of urea groups is 1. The summed E-state index contributed by atoms with van der Waals surface area (Å²) in [5, 5.41) is 3.06. The van der Waals surface area contributed by atoms with Crippen LogP contribution in [0.2, 0.25) is 0 Å². The van der Waals surface area contributed by atoms with Gasteiger partial charge in [-0.3, -0.25) is 14.3 Å². The molecule has 0 radical (unpaired) electrons. The number of nitrogen functional groups attached to an aromatic ring is 1. The Morgan fingerprint density at radius 1 is 0.978 bits per heavy atom. The number of pyridine rings is 1. The van der Waals surface area contributed by atoms with Gasteiger partial charge in [-0.15, -0.1) is 0 Å². The van der Waals surface area contributed by atoms with E-state index in [9.17, 15) is 14.4 Å². The zero-order valence-corrected chi connectivity index (χ0v) is 28.2. The lowest BCUT2D eigenvalue weighted by Gasteiger charge is -2.38. The van der Waals surface area contributed by atoms with Crippen LogP contribution in [0, 0.1) is 6.92 Å². The molecule has 11 nitrogen and oxygen atoms in total. The predicted molar refractivity (Wildman–Crippen MR) is 182 cm³/mol. The summed E-state index contributed by atoms with van der Waals surface area (Å²) in [6.07, 6.45) is 5.13. The highest BCUT2D eigenvalue weighted by Gasteiger charge is 2.32. The van der Waals surface area contributed by atoms with E-state index in [0.717, 1.165) is 36.8 Å². The van der Waals surface area contributed by atoms with E-state index in [0.29, 0.717) is 64.2 Å². The van der Waals surface area contributed by atoms with Gasteiger partial charge in [0, 0.05) is 78.8 Å². The number of amides is 3. The predicted octanol–water partition coefficient (Wildman–Crippen LogP) is 4.45. The molecule has 0 bridgehead atoms. The maximum Gasteiger partial charge on any atom is 0.326 e. The van der Waals surface area contributed by atoms with E-state index in [2.05, 4.69) is 52.0 Å². The van der Waals surface area contributed by atoms with Crippen molar-refractivity contribution >= 4 is 66.2 Å². The maximum atomic E-state index is 14.0. The fourth-order valence-electron chi connectivity index (χ4n) is 6.31. The summed E-state index contributed by atoms with van der Waals surface area (Å²) >= 11 is 7.01. The van der Waals surface area contributed by atoms with Crippen molar-refractivity contribution in [1.29, 1.82) is 0 Å². The Kier molecular flexibility index (Phi) is 9.18. The number of benzene rings is 2. The van der Waals surface area contributed by atoms with Crippen molar-refractivity contribution in [2.24, 2.45) is 0 Å². The number of hydrogen-bond donors (Lipinski definition) is 3. The number of nitrogens with one attached hydrogen (secondary N) is 2. The second-order valence-corrected chi connectivity index (χ2v) is 13.4. The number of likely N-dealkylation sites (tertiary alicyclic amines) is 1. The fourth-order valence-corrected chi connectivity index (χ4v) is 7.59. The van der Waals surface area contributed by atoms with Crippen LogP contribution < -0.4 is 21.6 Å². The van der Waals surface area contributed by atoms with Crippen LogP contribution in [0.25, 0.3) is 11.0 Å². The van der Waals surface area contributed by atoms with Crippen LogP contribution in [0.5, 0.6) is 0 Å². The van der Waals surface area contributed by atoms with Gasteiger partial charge in [0.2, 0.25) is 5.91 Å². The van der Waals surface area contributed by atoms with Crippen molar-refractivity contribution in [3.05, 3.63) is 85.4 Å². The highest BCUT2D eigenvalue weighted by Crippen LogP contribution is 2.31. The van der Waals surface area contributed by atoms with Crippen LogP contribution in [0.1, 0.15) is 30.0 Å². The number of aryl methyl sites for hydroxylation is 1. The van der Waals surface area contributed by atoms with E-state index in [4.69, 9.17) is 5.73 Å². The summed E-state index contributed by atoms with van der Waals surface area (Å²) in [6, 6.07) is 12.6. The summed E-state index contributed by atoms with van der Waals surface area (Å²) < 4.78 is 3.27. The minimum absolute atomic E-state index is 0.0179. The SMILES string of the molecule is Cc1ccc2[nH]c(=O)n(C3CCN(C(=O)N[C@H](Cc4cc(Br)c(N)c(Br)c4)C(=O)N4CCN(c5ccncc5)CC4)CC3)c2c1. The van der Waals surface area contributed by atoms with Crippen LogP contribution >= 0.6 is 31.9 Å². The molecule has 0 saturated carbocycles. The van der Waals surface area contributed by atoms with Gasteiger partial charge in [-0.25, -0.2) is 9.59 Å². The molecule has 45 heavy (non-hydrogen) atoms. The second kappa shape index (κ2) is 13.3. The van der Waals surface area contributed by atoms with E-state index < -0.39 is 6.04 Å². The number of nitrogens with two attached hydrogens (primary N) is 1. The quantitative estimate of drug-likeness (QED) is 0.251. The number of aromatic amines is 1. The van der Waals surface area contributed by atoms with Gasteiger partial charge in [0.15, 0.2) is 0 Å². The van der Waals surface area contributed by atoms with E-state index in [1.54, 1.807) is 17.3 Å². The molecule has 1 atom stereocenters. The average molecular weight is 741 g/mol. The summed E-state index contributed by atoms with van der Waals surface area (Å²) in [5.41, 5.74) is 11.3. The number of carbonyl (C=O) groups is 2. The number of fused-ring (bicyclic) bond motifs is 1. The third kappa shape index (κ3) is 6.74. The maximum absolute atomic E-state index is 14.0. The van der Waals surface area contributed by atoms with Gasteiger partial charge in [0.1, 0.15) is 6.04 Å². The number of imidazole rings is 1. The molecule has 3 amide bonds. The third-order valence-corrected chi connectivity index (χ3v) is 10.1. The second-order valence-electron chi connectivity index (χ2n) is 11.7. The summed E-state index contributed by atoms with van der Waals surface area (Å²) in [5.74, 6) is -0.114. The van der Waals surface area contributed by atoms with Crippen LogP contribution in [0.4, 0.5) is 16.2 Å². The zero-order chi connectivity index (χ0) is 31.7. The number of piperazine rings is 1. The molecule has 4 N–H and O–H groups in total. The Bertz CT molecular complexity index is 1740. The molecule has 2 aromatic heterocycles. The largest absolute Gasteiger partial charge is 0.397 e. The van der Waals surface area contributed by atoms with Crippen molar-refractivity contribution in [3.8, 4) is 0 Å². The van der Waals surface area contributed by atoms with Crippen molar-refractivity contribution in [1.82, 2.24) is 29.7 Å². The van der Waals surface area contributed by atoms with Crippen molar-refractivity contribution in [2.45, 2.75) is 38.3 Å². The number of carbonyl (C=O) groups excluding carboxylic acids is 2. The first kappa shape index (κ1) is 31.2. The molecular weight excluding hydrogens is 704 g/mol. The van der Waals surface area contributed by atoms with Crippen LogP contribution in [0.3, 0.4) is 0 Å². The van der Waals surface area contributed by atoms with Gasteiger partial charge in [-0.1, -0.05) is 6.07 Å². The summed E-state index contributed by atoms with van der Waals surface area (Å²) in [7, 11) is 0. The first-order valence-electron chi connectivity index (χ1n) is 15.1. The van der Waals surface area contributed by atoms with Gasteiger partial charge in [-0.2, -0.15) is 0 Å². The van der Waals surface area contributed by atoms with E-state index >= 15 is 0 Å². The number of halogens is 2. The molecule has 0 aliphatic carbocycles. The third-order valence-electron chi connectivity index (χ3n) is 8.78. The molecule has 0 spiro atoms. The first-order valence-corrected chi connectivity index (χ1v) is 16.7. The van der Waals surface area contributed by atoms with E-state index in [1.807, 2.05) is 58.9 Å². The van der Waals surface area contributed by atoms with Crippen molar-refractivity contribution < 1.29 is 9.59 Å². The van der Waals surface area contributed by atoms with Gasteiger partial charge < -0.3 is 30.7 Å². The number of rotatable bonds is 6. The minimum atomic E-state index is -0.760. The van der Waals surface area contributed by atoms with Gasteiger partial charge in [0.05, 0.1) is 16.7 Å². The molecule has 4 aromatic rings. The Morgan fingerprint density at radius 3 is 2.31 bits per heavy atom. The Morgan fingerprint density at radius 2 is 1.64 bits per heavy atom. The van der Waals surface area contributed by atoms with Crippen LogP contribution in [0.15, 0.2) is 68.6 Å². The molecule has 236 valence electrons. The number of hydrogen-bond acceptors (Lipinski definition) is 6. The van der Waals surface area contributed by atoms with Gasteiger partial charge in [-0.05, 0) is 99.2 Å². The lowest BCUT2D eigenvalue weighted by Crippen LogP contribution is -2.57. The monoisotopic (exact) mass is 738 g/mol. The summed E-state index contributed by atoms with van der Waals surface area (Å²) in [4.78, 5) is 53.3. The van der Waals surface area contributed by atoms with Crippen molar-refractivity contribution in [2.75, 3.05) is 49.9 Å². The standard InChI is InChI=1S/C32H36Br2N8O3/c1-20-2-3-26-28(16-20)42(32(45)37-26)23-6-10-41(11-7-23)31(44)38-27(19-21-17-24(33)29(35)25(34)18-21)30(43)40-14-12-39(13-15-40)22-4-8-36-9-5-22/h2-5,8-9,16-18,23,27H,6-7,10-15,19,35H2,1H3,(H,37,45)(H,38,44)/t27-/m1/s1. The van der Waals surface area contributed by atoms with Crippen LogP contribution in [-0.4, -0.2) is 81.6 Å². The Balaban J connectivity index is 1.15. The molecule has 2 saturated heterocycles. The summed E-state index contributed by atoms with van der Waals surface area (Å²) in [6.45, 7) is 5.44. The molecule has 2 fully saturated rings. The number of aromatic nitrogens is 3. The minimum Gasteiger partial charge on any atom is -0.397 e. The first-order chi connectivity index (χ1) is 21.7. The van der Waals surface area contributed by atoms with Crippen molar-refractivity contribution in [3.63, 3.8) is 0 Å². The highest BCUT2D eigenvalue weighted by atomic mass is 79.9. The smallest absolute Gasteiger partial charge is 0.326 e. The lowest BCUT2D eigenvalue weighted by atomic mass is 10.0. The highest BCUT2D eigenvalue weighted by molar-refractivity contribution is 9.11. The van der Waals surface area contributed by atoms with E-state index in [1.165, 1.54) is 0 Å². The Labute approximate surface area is 278 Å². The molecule has 4 heterocycles. The molecular formula is C32H36Br2N8O3. The molecule has 2 aromatic carbocycles. The molecule has 13 heteroatoms. The van der Waals surface area contributed by atoms with E-state index in [-0.39, 0.29) is 23.7 Å². The lowest BCUT2D eigenvalue weighted by molar-refractivity contribution is -0.133. The van der Waals surface area contributed by atoms with Gasteiger partial charge in [0.25, 0.3) is 0 Å². The van der Waals surface area contributed by atoms with Crippen LogP contribution in [-0.2, 0) is 11.2 Å². The normalized spacial score (nSPS) is 16.6. The molecule has 2 aliphatic rings. The number of piperidine rings is 1. The Hall–Kier alpha value is -3.84.